The highest BCUT2D eigenvalue weighted by molar-refractivity contribution is 5.88. The molecule has 6 heteroatoms. The monoisotopic (exact) mass is 237 g/mol. The summed E-state index contributed by atoms with van der Waals surface area (Å²) in [6.45, 7) is 1.40. The average molecular weight is 237 g/mol. The molecule has 0 aliphatic heterocycles. The third-order valence-corrected chi connectivity index (χ3v) is 2.77. The Morgan fingerprint density at radius 1 is 1.35 bits per heavy atom. The molecule has 6 nitrogen and oxygen atoms in total. The molecule has 0 fully saturated rings. The lowest BCUT2D eigenvalue weighted by Gasteiger charge is -2.14. The smallest absolute Gasteiger partial charge is 0.376 e. The van der Waals surface area contributed by atoms with Gasteiger partial charge in [-0.3, -0.25) is 10.2 Å². The van der Waals surface area contributed by atoms with Crippen LogP contribution in [0.3, 0.4) is 0 Å². The molecule has 1 amide bonds. The number of nitrogens with zero attached hydrogens (tertiary/aromatic N) is 2. The quantitative estimate of drug-likeness (QED) is 0.766. The molecule has 0 saturated carbocycles. The second kappa shape index (κ2) is 4.57. The standard InChI is InChI=1S/C11H15N3O3/c1-7(15)13-14-9-6-4-3-5-8(9)12-10(14)11(16)17-2/h3-6H2,1-2H3,(H,13,15). The number of imidazole rings is 1. The average Bonchev–Trinajstić information content (AvgIpc) is 2.67. The van der Waals surface area contributed by atoms with Gasteiger partial charge in [-0.1, -0.05) is 0 Å². The summed E-state index contributed by atoms with van der Waals surface area (Å²) in [5.41, 5.74) is 4.40. The van der Waals surface area contributed by atoms with Gasteiger partial charge in [0.2, 0.25) is 11.7 Å². The Morgan fingerprint density at radius 3 is 2.71 bits per heavy atom. The maximum absolute atomic E-state index is 11.6. The van der Waals surface area contributed by atoms with Gasteiger partial charge in [-0.25, -0.2) is 14.5 Å². The number of methoxy groups -OCH3 is 1. The number of ether oxygens (including phenoxy) is 1. The van der Waals surface area contributed by atoms with E-state index >= 15 is 0 Å². The van der Waals surface area contributed by atoms with Crippen molar-refractivity contribution >= 4 is 11.9 Å². The second-order valence-electron chi connectivity index (χ2n) is 4.03. The van der Waals surface area contributed by atoms with E-state index in [1.54, 1.807) is 0 Å². The van der Waals surface area contributed by atoms with E-state index in [2.05, 4.69) is 15.1 Å². The van der Waals surface area contributed by atoms with Crippen LogP contribution in [0.2, 0.25) is 0 Å². The number of amides is 1. The zero-order valence-corrected chi connectivity index (χ0v) is 9.95. The van der Waals surface area contributed by atoms with Crippen LogP contribution in [-0.2, 0) is 22.4 Å². The van der Waals surface area contributed by atoms with Crippen molar-refractivity contribution in [2.75, 3.05) is 12.5 Å². The molecule has 1 aromatic rings. The number of aryl methyl sites for hydroxylation is 1. The lowest BCUT2D eigenvalue weighted by Crippen LogP contribution is -2.27. The van der Waals surface area contributed by atoms with Gasteiger partial charge in [-0.05, 0) is 25.7 Å². The summed E-state index contributed by atoms with van der Waals surface area (Å²) in [5.74, 6) is -0.622. The maximum Gasteiger partial charge on any atom is 0.376 e. The van der Waals surface area contributed by atoms with Crippen LogP contribution in [-0.4, -0.2) is 28.6 Å². The molecule has 1 aliphatic rings. The largest absolute Gasteiger partial charge is 0.463 e. The highest BCUT2D eigenvalue weighted by atomic mass is 16.5. The van der Waals surface area contributed by atoms with Gasteiger partial charge in [-0.2, -0.15) is 0 Å². The summed E-state index contributed by atoms with van der Waals surface area (Å²) in [5, 5.41) is 0. The molecule has 1 N–H and O–H groups in total. The molecule has 1 aromatic heterocycles. The van der Waals surface area contributed by atoms with Crippen LogP contribution < -0.4 is 5.43 Å². The van der Waals surface area contributed by atoms with Gasteiger partial charge >= 0.3 is 5.97 Å². The molecule has 0 radical (unpaired) electrons. The summed E-state index contributed by atoms with van der Waals surface area (Å²) < 4.78 is 6.12. The Kier molecular flexibility index (Phi) is 3.12. The molecule has 0 unspecified atom stereocenters. The number of aromatic nitrogens is 2. The zero-order valence-electron chi connectivity index (χ0n) is 9.95. The normalized spacial score (nSPS) is 14.0. The van der Waals surface area contributed by atoms with Crippen molar-refractivity contribution < 1.29 is 14.3 Å². The number of hydrogen-bond donors (Lipinski definition) is 1. The first-order valence-electron chi connectivity index (χ1n) is 5.60. The summed E-state index contributed by atoms with van der Waals surface area (Å²) in [6.07, 6.45) is 3.76. The molecule has 2 rings (SSSR count). The Hall–Kier alpha value is -1.85. The fourth-order valence-corrected chi connectivity index (χ4v) is 2.05. The van der Waals surface area contributed by atoms with Crippen LogP contribution in [0.1, 0.15) is 41.8 Å². The van der Waals surface area contributed by atoms with Crippen LogP contribution in [0, 0.1) is 0 Å². The summed E-state index contributed by atoms with van der Waals surface area (Å²) in [4.78, 5) is 27.0. The summed E-state index contributed by atoms with van der Waals surface area (Å²) in [6, 6.07) is 0. The van der Waals surface area contributed by atoms with Crippen LogP contribution in [0.15, 0.2) is 0 Å². The number of carbonyl (C=O) groups is 2. The molecule has 0 aromatic carbocycles. The molecule has 1 aliphatic carbocycles. The first-order valence-corrected chi connectivity index (χ1v) is 5.60. The van der Waals surface area contributed by atoms with Crippen LogP contribution in [0.25, 0.3) is 0 Å². The van der Waals surface area contributed by atoms with E-state index in [0.717, 1.165) is 37.1 Å². The van der Waals surface area contributed by atoms with Gasteiger partial charge < -0.3 is 4.74 Å². The Labute approximate surface area is 98.9 Å². The molecule has 0 bridgehead atoms. The van der Waals surface area contributed by atoms with Crippen molar-refractivity contribution in [3.8, 4) is 0 Å². The third kappa shape index (κ3) is 2.15. The maximum atomic E-state index is 11.6. The molecule has 1 heterocycles. The topological polar surface area (TPSA) is 73.2 Å². The first-order chi connectivity index (χ1) is 8.13. The van der Waals surface area contributed by atoms with Crippen molar-refractivity contribution in [1.29, 1.82) is 0 Å². The van der Waals surface area contributed by atoms with Crippen LogP contribution in [0.4, 0.5) is 0 Å². The Bertz CT molecular complexity index is 465. The van der Waals surface area contributed by atoms with Gasteiger partial charge in [0, 0.05) is 6.92 Å². The van der Waals surface area contributed by atoms with Crippen molar-refractivity contribution in [1.82, 2.24) is 9.66 Å². The van der Waals surface area contributed by atoms with Crippen molar-refractivity contribution in [3.63, 3.8) is 0 Å². The van der Waals surface area contributed by atoms with E-state index < -0.39 is 5.97 Å². The minimum absolute atomic E-state index is 0.148. The lowest BCUT2D eigenvalue weighted by molar-refractivity contribution is -0.115. The van der Waals surface area contributed by atoms with Gasteiger partial charge in [-0.15, -0.1) is 0 Å². The van der Waals surface area contributed by atoms with E-state index in [1.165, 1.54) is 18.7 Å². The minimum Gasteiger partial charge on any atom is -0.463 e. The Balaban J connectivity index is 2.46. The summed E-state index contributed by atoms with van der Waals surface area (Å²) >= 11 is 0. The molecule has 0 saturated heterocycles. The van der Waals surface area contributed by atoms with E-state index in [0.29, 0.717) is 0 Å². The molecule has 0 spiro atoms. The van der Waals surface area contributed by atoms with E-state index in [-0.39, 0.29) is 11.7 Å². The third-order valence-electron chi connectivity index (χ3n) is 2.77. The SMILES string of the molecule is COC(=O)c1nc2c(n1NC(C)=O)CCCC2. The van der Waals surface area contributed by atoms with E-state index in [1.807, 2.05) is 0 Å². The predicted molar refractivity (Wildman–Crippen MR) is 60.3 cm³/mol. The van der Waals surface area contributed by atoms with Gasteiger partial charge in [0.25, 0.3) is 0 Å². The highest BCUT2D eigenvalue weighted by Crippen LogP contribution is 2.21. The number of hydrogen-bond acceptors (Lipinski definition) is 4. The van der Waals surface area contributed by atoms with Gasteiger partial charge in [0.15, 0.2) is 0 Å². The first kappa shape index (κ1) is 11.6. The highest BCUT2D eigenvalue weighted by Gasteiger charge is 2.24. The van der Waals surface area contributed by atoms with Crippen molar-refractivity contribution in [3.05, 3.63) is 17.2 Å². The number of rotatable bonds is 2. The lowest BCUT2D eigenvalue weighted by atomic mass is 10.0. The zero-order chi connectivity index (χ0) is 12.4. The predicted octanol–water partition coefficient (Wildman–Crippen LogP) is 0.638. The van der Waals surface area contributed by atoms with Crippen molar-refractivity contribution in [2.24, 2.45) is 0 Å². The molecular weight excluding hydrogens is 222 g/mol. The molecular formula is C11H15N3O3. The molecule has 92 valence electrons. The molecule has 17 heavy (non-hydrogen) atoms. The van der Waals surface area contributed by atoms with Crippen LogP contribution >= 0.6 is 0 Å². The van der Waals surface area contributed by atoms with Crippen molar-refractivity contribution in [2.45, 2.75) is 32.6 Å². The van der Waals surface area contributed by atoms with Gasteiger partial charge in [0.05, 0.1) is 18.5 Å². The fraction of sp³-hybridized carbons (Fsp3) is 0.545. The number of fused-ring (bicyclic) bond motifs is 1. The number of esters is 1. The number of nitrogens with one attached hydrogen (secondary N) is 1. The Morgan fingerprint density at radius 2 is 2.06 bits per heavy atom. The van der Waals surface area contributed by atoms with E-state index in [4.69, 9.17) is 0 Å². The van der Waals surface area contributed by atoms with Crippen LogP contribution in [0.5, 0.6) is 0 Å². The minimum atomic E-state index is -0.534. The van der Waals surface area contributed by atoms with Gasteiger partial charge in [0.1, 0.15) is 0 Å². The summed E-state index contributed by atoms with van der Waals surface area (Å²) in [7, 11) is 1.30. The van der Waals surface area contributed by atoms with E-state index in [9.17, 15) is 9.59 Å². The number of carbonyl (C=O) groups excluding carboxylic acids is 2. The fourth-order valence-electron chi connectivity index (χ4n) is 2.05. The molecule has 0 atom stereocenters. The second-order valence-corrected chi connectivity index (χ2v) is 4.03.